The number of carboxylic acid groups (broad SMARTS) is 1. The number of anilines is 1. The van der Waals surface area contributed by atoms with Crippen LogP contribution in [-0.2, 0) is 6.54 Å². The molecular formula is C13H15N5O3. The van der Waals surface area contributed by atoms with Gasteiger partial charge in [0.25, 0.3) is 0 Å². The Labute approximate surface area is 120 Å². The van der Waals surface area contributed by atoms with Gasteiger partial charge in [-0.1, -0.05) is 6.07 Å². The number of aromatic amines is 1. The SMILES string of the molecule is Cc1n[nH]c(C)c1NC(=O)NCc1ccc(C(=O)O)nc1. The molecule has 110 valence electrons. The number of aryl methyl sites for hydroxylation is 2. The van der Waals surface area contributed by atoms with Gasteiger partial charge in [0.15, 0.2) is 0 Å². The van der Waals surface area contributed by atoms with Crippen molar-refractivity contribution >= 4 is 17.7 Å². The zero-order valence-corrected chi connectivity index (χ0v) is 11.6. The number of aromatic nitrogens is 3. The van der Waals surface area contributed by atoms with Gasteiger partial charge in [-0.25, -0.2) is 14.6 Å². The molecular weight excluding hydrogens is 274 g/mol. The van der Waals surface area contributed by atoms with E-state index >= 15 is 0 Å². The molecule has 8 heteroatoms. The van der Waals surface area contributed by atoms with Crippen LogP contribution in [0.3, 0.4) is 0 Å². The minimum Gasteiger partial charge on any atom is -0.477 e. The first kappa shape index (κ1) is 14.5. The Hall–Kier alpha value is -2.90. The predicted octanol–water partition coefficient (Wildman–Crippen LogP) is 1.44. The highest BCUT2D eigenvalue weighted by atomic mass is 16.4. The number of urea groups is 1. The van der Waals surface area contributed by atoms with Gasteiger partial charge >= 0.3 is 12.0 Å². The number of carboxylic acids is 1. The molecule has 4 N–H and O–H groups in total. The lowest BCUT2D eigenvalue weighted by Crippen LogP contribution is -2.28. The number of nitrogens with zero attached hydrogens (tertiary/aromatic N) is 2. The summed E-state index contributed by atoms with van der Waals surface area (Å²) in [5.41, 5.74) is 2.79. The second-order valence-electron chi connectivity index (χ2n) is 4.47. The van der Waals surface area contributed by atoms with Crippen LogP contribution in [0.4, 0.5) is 10.5 Å². The maximum Gasteiger partial charge on any atom is 0.354 e. The van der Waals surface area contributed by atoms with Crippen LogP contribution >= 0.6 is 0 Å². The molecule has 0 radical (unpaired) electrons. The summed E-state index contributed by atoms with van der Waals surface area (Å²) < 4.78 is 0. The van der Waals surface area contributed by atoms with Crippen LogP contribution < -0.4 is 10.6 Å². The molecule has 8 nitrogen and oxygen atoms in total. The predicted molar refractivity (Wildman–Crippen MR) is 75.1 cm³/mol. The summed E-state index contributed by atoms with van der Waals surface area (Å²) in [5.74, 6) is -1.09. The number of hydrogen-bond donors (Lipinski definition) is 4. The molecule has 21 heavy (non-hydrogen) atoms. The van der Waals surface area contributed by atoms with Crippen molar-refractivity contribution in [1.29, 1.82) is 0 Å². The van der Waals surface area contributed by atoms with Crippen LogP contribution in [0.15, 0.2) is 18.3 Å². The molecule has 0 saturated heterocycles. The molecule has 0 unspecified atom stereocenters. The average Bonchev–Trinajstić information content (AvgIpc) is 2.77. The number of carbonyl (C=O) groups is 2. The van der Waals surface area contributed by atoms with Crippen molar-refractivity contribution in [1.82, 2.24) is 20.5 Å². The third-order valence-electron chi connectivity index (χ3n) is 2.86. The number of pyridine rings is 1. The maximum absolute atomic E-state index is 11.8. The molecule has 2 rings (SSSR count). The second kappa shape index (κ2) is 6.04. The summed E-state index contributed by atoms with van der Waals surface area (Å²) >= 11 is 0. The minimum absolute atomic E-state index is 0.0344. The summed E-state index contributed by atoms with van der Waals surface area (Å²) in [7, 11) is 0. The lowest BCUT2D eigenvalue weighted by molar-refractivity contribution is 0.0690. The van der Waals surface area contributed by atoms with Gasteiger partial charge in [0, 0.05) is 12.7 Å². The summed E-state index contributed by atoms with van der Waals surface area (Å²) in [6, 6.07) is 2.62. The van der Waals surface area contributed by atoms with E-state index in [2.05, 4.69) is 25.8 Å². The van der Waals surface area contributed by atoms with Crippen molar-refractivity contribution in [2.45, 2.75) is 20.4 Å². The number of hydrogen-bond acceptors (Lipinski definition) is 4. The topological polar surface area (TPSA) is 120 Å². The van der Waals surface area contributed by atoms with E-state index in [1.165, 1.54) is 12.3 Å². The number of H-pyrrole nitrogens is 1. The van der Waals surface area contributed by atoms with Gasteiger partial charge in [-0.3, -0.25) is 5.10 Å². The average molecular weight is 289 g/mol. The summed E-state index contributed by atoms with van der Waals surface area (Å²) in [5, 5.41) is 20.9. The Morgan fingerprint density at radius 1 is 1.33 bits per heavy atom. The molecule has 2 aromatic heterocycles. The molecule has 2 aromatic rings. The van der Waals surface area contributed by atoms with Crippen LogP contribution in [0.1, 0.15) is 27.4 Å². The fourth-order valence-corrected chi connectivity index (χ4v) is 1.73. The van der Waals surface area contributed by atoms with E-state index in [0.717, 1.165) is 5.69 Å². The zero-order valence-electron chi connectivity index (χ0n) is 11.6. The lowest BCUT2D eigenvalue weighted by Gasteiger charge is -2.07. The molecule has 0 aliphatic rings. The molecule has 0 spiro atoms. The number of nitrogens with one attached hydrogen (secondary N) is 3. The van der Waals surface area contributed by atoms with E-state index in [1.807, 2.05) is 6.92 Å². The van der Waals surface area contributed by atoms with E-state index in [1.54, 1.807) is 13.0 Å². The molecule has 0 bridgehead atoms. The van der Waals surface area contributed by atoms with Crippen molar-refractivity contribution < 1.29 is 14.7 Å². The Balaban J connectivity index is 1.91. The standard InChI is InChI=1S/C13H15N5O3/c1-7-11(8(2)18-17-7)16-13(21)15-6-9-3-4-10(12(19)20)14-5-9/h3-5H,6H2,1-2H3,(H,17,18)(H,19,20)(H2,15,16,21). The van der Waals surface area contributed by atoms with Gasteiger partial charge in [0.05, 0.1) is 17.1 Å². The normalized spacial score (nSPS) is 10.2. The number of rotatable bonds is 4. The number of amides is 2. The third-order valence-corrected chi connectivity index (χ3v) is 2.86. The number of aromatic carboxylic acids is 1. The molecule has 2 amide bonds. The van der Waals surface area contributed by atoms with Crippen LogP contribution in [0, 0.1) is 13.8 Å². The summed E-state index contributed by atoms with van der Waals surface area (Å²) in [4.78, 5) is 26.2. The first-order chi connectivity index (χ1) is 9.97. The fourth-order valence-electron chi connectivity index (χ4n) is 1.73. The highest BCUT2D eigenvalue weighted by molar-refractivity contribution is 5.90. The smallest absolute Gasteiger partial charge is 0.354 e. The van der Waals surface area contributed by atoms with Crippen LogP contribution in [0.25, 0.3) is 0 Å². The lowest BCUT2D eigenvalue weighted by atomic mass is 10.2. The van der Waals surface area contributed by atoms with E-state index in [9.17, 15) is 9.59 Å². The van der Waals surface area contributed by atoms with Crippen molar-refractivity contribution in [3.63, 3.8) is 0 Å². The molecule has 0 atom stereocenters. The molecule has 0 fully saturated rings. The van der Waals surface area contributed by atoms with E-state index in [4.69, 9.17) is 5.11 Å². The monoisotopic (exact) mass is 289 g/mol. The summed E-state index contributed by atoms with van der Waals surface area (Å²) in [6.07, 6.45) is 1.41. The van der Waals surface area contributed by atoms with Crippen LogP contribution in [0.5, 0.6) is 0 Å². The molecule has 0 aliphatic carbocycles. The molecule has 0 saturated carbocycles. The largest absolute Gasteiger partial charge is 0.477 e. The van der Waals surface area contributed by atoms with Gasteiger partial charge in [-0.2, -0.15) is 5.10 Å². The molecule has 0 aromatic carbocycles. The quantitative estimate of drug-likeness (QED) is 0.679. The highest BCUT2D eigenvalue weighted by Crippen LogP contribution is 2.15. The Bertz CT molecular complexity index is 643. The van der Waals surface area contributed by atoms with Crippen molar-refractivity contribution in [3.8, 4) is 0 Å². The minimum atomic E-state index is -1.09. The van der Waals surface area contributed by atoms with E-state index < -0.39 is 5.97 Å². The number of carbonyl (C=O) groups excluding carboxylic acids is 1. The third kappa shape index (κ3) is 3.56. The molecule has 2 heterocycles. The Morgan fingerprint density at radius 3 is 2.62 bits per heavy atom. The van der Waals surface area contributed by atoms with Gasteiger partial charge in [-0.15, -0.1) is 0 Å². The van der Waals surface area contributed by atoms with Crippen LogP contribution in [0.2, 0.25) is 0 Å². The van der Waals surface area contributed by atoms with Gasteiger partial charge in [0.2, 0.25) is 0 Å². The Morgan fingerprint density at radius 2 is 2.10 bits per heavy atom. The van der Waals surface area contributed by atoms with Crippen LogP contribution in [-0.4, -0.2) is 32.3 Å². The van der Waals surface area contributed by atoms with Crippen molar-refractivity contribution in [3.05, 3.63) is 41.0 Å². The first-order valence-corrected chi connectivity index (χ1v) is 6.22. The Kier molecular flexibility index (Phi) is 4.17. The van der Waals surface area contributed by atoms with Gasteiger partial charge in [0.1, 0.15) is 5.69 Å². The van der Waals surface area contributed by atoms with E-state index in [-0.39, 0.29) is 18.3 Å². The maximum atomic E-state index is 11.8. The second-order valence-corrected chi connectivity index (χ2v) is 4.47. The fraction of sp³-hybridized carbons (Fsp3) is 0.231. The highest BCUT2D eigenvalue weighted by Gasteiger charge is 2.10. The first-order valence-electron chi connectivity index (χ1n) is 6.22. The summed E-state index contributed by atoms with van der Waals surface area (Å²) in [6.45, 7) is 3.84. The van der Waals surface area contributed by atoms with E-state index in [0.29, 0.717) is 16.9 Å². The van der Waals surface area contributed by atoms with Gasteiger partial charge < -0.3 is 15.7 Å². The zero-order chi connectivity index (χ0) is 15.4. The van der Waals surface area contributed by atoms with Crippen molar-refractivity contribution in [2.24, 2.45) is 0 Å². The van der Waals surface area contributed by atoms with Crippen molar-refractivity contribution in [2.75, 3.05) is 5.32 Å². The molecule has 0 aliphatic heterocycles. The van der Waals surface area contributed by atoms with Gasteiger partial charge in [-0.05, 0) is 25.5 Å².